The smallest absolute Gasteiger partial charge is 0.281 e. The quantitative estimate of drug-likeness (QED) is 0.557. The molecule has 0 spiro atoms. The van der Waals surface area contributed by atoms with Gasteiger partial charge in [-0.15, -0.1) is 0 Å². The molecule has 0 saturated heterocycles. The summed E-state index contributed by atoms with van der Waals surface area (Å²) in [4.78, 5) is 13.0. The van der Waals surface area contributed by atoms with Gasteiger partial charge in [0.25, 0.3) is 5.56 Å². The topological polar surface area (TPSA) is 39.8 Å². The Morgan fingerprint density at radius 2 is 1.60 bits per heavy atom. The van der Waals surface area contributed by atoms with Gasteiger partial charge in [0.05, 0.1) is 23.0 Å². The molecule has 0 aliphatic rings. The summed E-state index contributed by atoms with van der Waals surface area (Å²) in [6.45, 7) is 3.70. The van der Waals surface area contributed by atoms with E-state index >= 15 is 0 Å². The largest absolute Gasteiger partial charge is 0.314 e. The number of nitrogens with zero attached hydrogens (tertiary/aromatic N) is 3. The monoisotopic (exact) mass is 333 g/mol. The Kier molecular flexibility index (Phi) is 3.50. The highest BCUT2D eigenvalue weighted by Gasteiger charge is 2.19. The van der Waals surface area contributed by atoms with Crippen molar-refractivity contribution in [3.63, 3.8) is 0 Å². The summed E-state index contributed by atoms with van der Waals surface area (Å²) in [5, 5.41) is 5.59. The van der Waals surface area contributed by atoms with Gasteiger partial charge in [0.15, 0.2) is 0 Å². The van der Waals surface area contributed by atoms with Crippen molar-refractivity contribution >= 4 is 10.8 Å². The molecule has 0 aliphatic carbocycles. The minimum absolute atomic E-state index is 0.209. The van der Waals surface area contributed by atoms with E-state index in [-0.39, 0.29) is 11.4 Å². The Morgan fingerprint density at radius 1 is 0.920 bits per heavy atom. The van der Waals surface area contributed by atoms with Crippen LogP contribution in [0.25, 0.3) is 22.1 Å². The molecule has 0 radical (unpaired) electrons. The summed E-state index contributed by atoms with van der Waals surface area (Å²) in [6.07, 6.45) is 1.67. The van der Waals surface area contributed by atoms with Crippen LogP contribution in [-0.2, 0) is 0 Å². The number of fused-ring (bicyclic) bond motifs is 1. The van der Waals surface area contributed by atoms with Gasteiger partial charge in [-0.3, -0.25) is 4.79 Å². The zero-order valence-corrected chi connectivity index (χ0v) is 13.9. The highest BCUT2D eigenvalue weighted by molar-refractivity contribution is 5.88. The van der Waals surface area contributed by atoms with Crippen LogP contribution in [0.5, 0.6) is 0 Å². The normalized spacial score (nSPS) is 11.2. The van der Waals surface area contributed by atoms with Gasteiger partial charge in [-0.2, -0.15) is 9.78 Å². The van der Waals surface area contributed by atoms with Crippen molar-refractivity contribution in [1.29, 1.82) is 0 Å². The number of aryl methyl sites for hydroxylation is 2. The molecule has 4 aromatic rings. The summed E-state index contributed by atoms with van der Waals surface area (Å²) < 4.78 is 17.4. The first kappa shape index (κ1) is 15.3. The molecule has 0 amide bonds. The van der Waals surface area contributed by atoms with Crippen LogP contribution in [0.15, 0.2) is 65.6 Å². The van der Waals surface area contributed by atoms with Crippen molar-refractivity contribution < 1.29 is 4.39 Å². The van der Waals surface area contributed by atoms with E-state index in [0.717, 1.165) is 11.1 Å². The van der Waals surface area contributed by atoms with Gasteiger partial charge < -0.3 is 4.57 Å². The summed E-state index contributed by atoms with van der Waals surface area (Å²) in [5.74, 6) is -0.328. The average Bonchev–Trinajstić information content (AvgIpc) is 2.88. The highest BCUT2D eigenvalue weighted by atomic mass is 19.1. The van der Waals surface area contributed by atoms with Gasteiger partial charge in [-0.25, -0.2) is 4.39 Å². The van der Waals surface area contributed by atoms with E-state index in [1.54, 1.807) is 29.0 Å². The lowest BCUT2D eigenvalue weighted by Crippen LogP contribution is -2.21. The van der Waals surface area contributed by atoms with Crippen LogP contribution in [0.1, 0.15) is 11.4 Å². The molecule has 0 atom stereocenters. The standard InChI is InChI=1S/C20H16FN3O/c1-13-16-12-22-24(15-8-4-3-5-9-15)20(25)19(16)14(2)23(13)18-11-7-6-10-17(18)21/h3-12H,1-2H3. The Hall–Kier alpha value is -3.21. The van der Waals surface area contributed by atoms with Crippen LogP contribution in [0.3, 0.4) is 0 Å². The van der Waals surface area contributed by atoms with Crippen LogP contribution < -0.4 is 5.56 Å². The molecule has 0 aliphatic heterocycles. The minimum Gasteiger partial charge on any atom is -0.314 e. The van der Waals surface area contributed by atoms with E-state index in [2.05, 4.69) is 5.10 Å². The van der Waals surface area contributed by atoms with E-state index in [9.17, 15) is 9.18 Å². The van der Waals surface area contributed by atoms with E-state index in [1.165, 1.54) is 10.7 Å². The van der Waals surface area contributed by atoms with E-state index in [4.69, 9.17) is 0 Å². The van der Waals surface area contributed by atoms with Gasteiger partial charge in [-0.05, 0) is 38.1 Å². The molecule has 124 valence electrons. The molecule has 2 aromatic carbocycles. The molecule has 0 saturated carbocycles. The summed E-state index contributed by atoms with van der Waals surface area (Å²) in [5.41, 5.74) is 2.42. The van der Waals surface area contributed by atoms with Crippen LogP contribution in [0.2, 0.25) is 0 Å². The molecule has 4 rings (SSSR count). The fraction of sp³-hybridized carbons (Fsp3) is 0.100. The van der Waals surface area contributed by atoms with Gasteiger partial charge in [0, 0.05) is 16.8 Å². The number of benzene rings is 2. The lowest BCUT2D eigenvalue weighted by atomic mass is 10.2. The third kappa shape index (κ3) is 2.28. The zero-order valence-electron chi connectivity index (χ0n) is 13.9. The SMILES string of the molecule is Cc1c2cnn(-c3ccccc3)c(=O)c2c(C)n1-c1ccccc1F. The molecule has 2 aromatic heterocycles. The predicted molar refractivity (Wildman–Crippen MR) is 96.1 cm³/mol. The van der Waals surface area contributed by atoms with E-state index in [1.807, 2.05) is 44.2 Å². The van der Waals surface area contributed by atoms with Gasteiger partial charge >= 0.3 is 0 Å². The predicted octanol–water partition coefficient (Wildman–Crippen LogP) is 3.93. The first-order valence-corrected chi connectivity index (χ1v) is 8.00. The van der Waals surface area contributed by atoms with Gasteiger partial charge in [0.1, 0.15) is 5.82 Å². The molecule has 0 unspecified atom stereocenters. The maximum absolute atomic E-state index is 14.3. The van der Waals surface area contributed by atoms with E-state index < -0.39 is 0 Å². The molecule has 4 nitrogen and oxygen atoms in total. The van der Waals surface area contributed by atoms with Crippen molar-refractivity contribution in [3.8, 4) is 11.4 Å². The van der Waals surface area contributed by atoms with Crippen LogP contribution >= 0.6 is 0 Å². The molecule has 5 heteroatoms. The summed E-state index contributed by atoms with van der Waals surface area (Å²) >= 11 is 0. The van der Waals surface area contributed by atoms with Gasteiger partial charge in [-0.1, -0.05) is 30.3 Å². The van der Waals surface area contributed by atoms with Crippen molar-refractivity contribution in [2.24, 2.45) is 0 Å². The second-order valence-electron chi connectivity index (χ2n) is 5.94. The average molecular weight is 333 g/mol. The Bertz CT molecular complexity index is 1140. The number of hydrogen-bond donors (Lipinski definition) is 0. The van der Waals surface area contributed by atoms with Crippen LogP contribution in [0.4, 0.5) is 4.39 Å². The first-order chi connectivity index (χ1) is 12.1. The maximum Gasteiger partial charge on any atom is 0.281 e. The Morgan fingerprint density at radius 3 is 2.32 bits per heavy atom. The molecule has 0 N–H and O–H groups in total. The molecule has 0 fully saturated rings. The molecular formula is C20H16FN3O. The van der Waals surface area contributed by atoms with Crippen LogP contribution in [-0.4, -0.2) is 14.3 Å². The van der Waals surface area contributed by atoms with Gasteiger partial charge in [0.2, 0.25) is 0 Å². The lowest BCUT2D eigenvalue weighted by Gasteiger charge is -2.09. The maximum atomic E-state index is 14.3. The third-order valence-corrected chi connectivity index (χ3v) is 4.49. The second-order valence-corrected chi connectivity index (χ2v) is 5.94. The third-order valence-electron chi connectivity index (χ3n) is 4.49. The fourth-order valence-electron chi connectivity index (χ4n) is 3.31. The molecule has 25 heavy (non-hydrogen) atoms. The lowest BCUT2D eigenvalue weighted by molar-refractivity contribution is 0.616. The van der Waals surface area contributed by atoms with Crippen molar-refractivity contribution in [3.05, 3.63) is 88.4 Å². The first-order valence-electron chi connectivity index (χ1n) is 8.00. The van der Waals surface area contributed by atoms with Crippen molar-refractivity contribution in [2.45, 2.75) is 13.8 Å². The van der Waals surface area contributed by atoms with E-state index in [0.29, 0.717) is 22.5 Å². The zero-order chi connectivity index (χ0) is 17.6. The fourth-order valence-corrected chi connectivity index (χ4v) is 3.31. The molecular weight excluding hydrogens is 317 g/mol. The number of hydrogen-bond acceptors (Lipinski definition) is 2. The number of rotatable bonds is 2. The molecule has 0 bridgehead atoms. The van der Waals surface area contributed by atoms with Crippen molar-refractivity contribution in [1.82, 2.24) is 14.3 Å². The minimum atomic E-state index is -0.328. The Balaban J connectivity index is 2.06. The number of para-hydroxylation sites is 2. The highest BCUT2D eigenvalue weighted by Crippen LogP contribution is 2.27. The number of aromatic nitrogens is 3. The van der Waals surface area contributed by atoms with Crippen LogP contribution in [0, 0.1) is 19.7 Å². The molecule has 2 heterocycles. The van der Waals surface area contributed by atoms with Crippen molar-refractivity contribution in [2.75, 3.05) is 0 Å². The number of halogens is 1. The summed E-state index contributed by atoms with van der Waals surface area (Å²) in [7, 11) is 0. The summed E-state index contributed by atoms with van der Waals surface area (Å²) in [6, 6.07) is 15.8. The second kappa shape index (κ2) is 5.70. The Labute approximate surface area is 143 Å².